The molecule has 0 aliphatic heterocycles. The number of carbonyl (C=O) groups is 1. The van der Waals surface area contributed by atoms with Gasteiger partial charge in [-0.3, -0.25) is 4.79 Å². The lowest BCUT2D eigenvalue weighted by molar-refractivity contribution is -0.136. The minimum Gasteiger partial charge on any atom is -0.496 e. The average Bonchev–Trinajstić information content (AvgIpc) is 2.80. The third kappa shape index (κ3) is 2.99. The van der Waals surface area contributed by atoms with Gasteiger partial charge in [-0.1, -0.05) is 18.2 Å². The Morgan fingerprint density at radius 2 is 2.15 bits per heavy atom. The number of para-hydroxylation sites is 1. The summed E-state index contributed by atoms with van der Waals surface area (Å²) < 4.78 is 7.28. The Labute approximate surface area is 117 Å². The topological polar surface area (TPSA) is 64.4 Å². The van der Waals surface area contributed by atoms with Crippen molar-refractivity contribution in [2.75, 3.05) is 7.11 Å². The highest BCUT2D eigenvalue weighted by atomic mass is 16.5. The SMILES string of the molecule is CCn1c(CC(=O)O)cnc1Cc1ccccc1OC. The van der Waals surface area contributed by atoms with Crippen LogP contribution in [0.15, 0.2) is 30.5 Å². The highest BCUT2D eigenvalue weighted by Gasteiger charge is 2.13. The molecule has 2 rings (SSSR count). The van der Waals surface area contributed by atoms with Crippen molar-refractivity contribution in [2.24, 2.45) is 0 Å². The molecule has 1 aromatic carbocycles. The largest absolute Gasteiger partial charge is 0.496 e. The van der Waals surface area contributed by atoms with E-state index in [0.29, 0.717) is 13.0 Å². The molecular weight excluding hydrogens is 256 g/mol. The number of nitrogens with zero attached hydrogens (tertiary/aromatic N) is 2. The van der Waals surface area contributed by atoms with Crippen molar-refractivity contribution in [1.29, 1.82) is 0 Å². The number of ether oxygens (including phenoxy) is 1. The second-order valence-corrected chi connectivity index (χ2v) is 4.47. The van der Waals surface area contributed by atoms with Crippen LogP contribution in [0.3, 0.4) is 0 Å². The third-order valence-corrected chi connectivity index (χ3v) is 3.21. The molecule has 106 valence electrons. The molecule has 0 unspecified atom stereocenters. The minimum absolute atomic E-state index is 0.00718. The lowest BCUT2D eigenvalue weighted by Crippen LogP contribution is -2.10. The third-order valence-electron chi connectivity index (χ3n) is 3.21. The normalized spacial score (nSPS) is 10.5. The molecule has 0 amide bonds. The number of methoxy groups -OCH3 is 1. The summed E-state index contributed by atoms with van der Waals surface area (Å²) in [6, 6.07) is 7.77. The Morgan fingerprint density at radius 3 is 2.80 bits per heavy atom. The van der Waals surface area contributed by atoms with Gasteiger partial charge in [0.05, 0.1) is 13.5 Å². The van der Waals surface area contributed by atoms with Gasteiger partial charge in [0, 0.05) is 30.4 Å². The van der Waals surface area contributed by atoms with Gasteiger partial charge in [-0.2, -0.15) is 0 Å². The zero-order valence-corrected chi connectivity index (χ0v) is 11.7. The van der Waals surface area contributed by atoms with Crippen molar-refractivity contribution < 1.29 is 14.6 Å². The molecule has 0 saturated heterocycles. The highest BCUT2D eigenvalue weighted by Crippen LogP contribution is 2.21. The standard InChI is InChI=1S/C15H18N2O3/c1-3-17-12(9-15(18)19)10-16-14(17)8-11-6-4-5-7-13(11)20-2/h4-7,10H,3,8-9H2,1-2H3,(H,18,19). The number of benzene rings is 1. The zero-order valence-electron chi connectivity index (χ0n) is 11.7. The molecule has 1 aromatic heterocycles. The van der Waals surface area contributed by atoms with E-state index in [9.17, 15) is 4.79 Å². The number of imidazole rings is 1. The van der Waals surface area contributed by atoms with Crippen LogP contribution < -0.4 is 4.74 Å². The molecular formula is C15H18N2O3. The average molecular weight is 274 g/mol. The first-order chi connectivity index (χ1) is 9.65. The van der Waals surface area contributed by atoms with E-state index in [1.54, 1.807) is 13.3 Å². The number of aromatic nitrogens is 2. The van der Waals surface area contributed by atoms with Gasteiger partial charge in [-0.15, -0.1) is 0 Å². The van der Waals surface area contributed by atoms with Crippen LogP contribution >= 0.6 is 0 Å². The van der Waals surface area contributed by atoms with Crippen molar-refractivity contribution >= 4 is 5.97 Å². The Kier molecular flexibility index (Phi) is 4.40. The smallest absolute Gasteiger partial charge is 0.309 e. The van der Waals surface area contributed by atoms with Crippen molar-refractivity contribution in [3.8, 4) is 5.75 Å². The number of aliphatic carboxylic acids is 1. The van der Waals surface area contributed by atoms with Crippen molar-refractivity contribution in [3.63, 3.8) is 0 Å². The van der Waals surface area contributed by atoms with Gasteiger partial charge in [-0.25, -0.2) is 4.98 Å². The van der Waals surface area contributed by atoms with Crippen LogP contribution in [0, 0.1) is 0 Å². The van der Waals surface area contributed by atoms with Gasteiger partial charge in [0.15, 0.2) is 0 Å². The van der Waals surface area contributed by atoms with Gasteiger partial charge in [0.1, 0.15) is 11.6 Å². The maximum absolute atomic E-state index is 10.8. The van der Waals surface area contributed by atoms with Crippen molar-refractivity contribution in [2.45, 2.75) is 26.3 Å². The molecule has 0 radical (unpaired) electrons. The molecule has 0 aliphatic rings. The summed E-state index contributed by atoms with van der Waals surface area (Å²) in [7, 11) is 1.64. The van der Waals surface area contributed by atoms with Crippen molar-refractivity contribution in [1.82, 2.24) is 9.55 Å². The summed E-state index contributed by atoms with van der Waals surface area (Å²) in [5.74, 6) is 0.828. The summed E-state index contributed by atoms with van der Waals surface area (Å²) in [6.45, 7) is 2.69. The number of hydrogen-bond acceptors (Lipinski definition) is 3. The van der Waals surface area contributed by atoms with Crippen LogP contribution in [0.1, 0.15) is 24.0 Å². The molecule has 5 heteroatoms. The predicted octanol–water partition coefficient (Wildman–Crippen LogP) is 2.13. The van der Waals surface area contributed by atoms with E-state index in [4.69, 9.17) is 9.84 Å². The fourth-order valence-electron chi connectivity index (χ4n) is 2.30. The summed E-state index contributed by atoms with van der Waals surface area (Å²) in [5, 5.41) is 8.91. The summed E-state index contributed by atoms with van der Waals surface area (Å²) in [4.78, 5) is 15.2. The molecule has 0 bridgehead atoms. The van der Waals surface area contributed by atoms with E-state index in [1.807, 2.05) is 35.8 Å². The molecule has 2 aromatic rings. The fraction of sp³-hybridized carbons (Fsp3) is 0.333. The van der Waals surface area contributed by atoms with Gasteiger partial charge in [0.2, 0.25) is 0 Å². The maximum atomic E-state index is 10.8. The summed E-state index contributed by atoms with van der Waals surface area (Å²) >= 11 is 0. The van der Waals surface area contributed by atoms with E-state index in [1.165, 1.54) is 0 Å². The zero-order chi connectivity index (χ0) is 14.5. The van der Waals surface area contributed by atoms with Crippen LogP contribution in [-0.2, 0) is 24.2 Å². The number of rotatable bonds is 6. The van der Waals surface area contributed by atoms with Gasteiger partial charge in [-0.05, 0) is 13.0 Å². The molecule has 5 nitrogen and oxygen atoms in total. The lowest BCUT2D eigenvalue weighted by atomic mass is 10.1. The van der Waals surface area contributed by atoms with E-state index in [2.05, 4.69) is 4.98 Å². The molecule has 0 atom stereocenters. The first kappa shape index (κ1) is 14.1. The Bertz CT molecular complexity index is 605. The van der Waals surface area contributed by atoms with E-state index in [-0.39, 0.29) is 6.42 Å². The number of carboxylic acid groups (broad SMARTS) is 1. The first-order valence-electron chi connectivity index (χ1n) is 6.52. The highest BCUT2D eigenvalue weighted by molar-refractivity contribution is 5.69. The summed E-state index contributed by atoms with van der Waals surface area (Å²) in [6.07, 6.45) is 2.26. The maximum Gasteiger partial charge on any atom is 0.309 e. The summed E-state index contributed by atoms with van der Waals surface area (Å²) in [5.41, 5.74) is 1.77. The van der Waals surface area contributed by atoms with Gasteiger partial charge >= 0.3 is 5.97 Å². The van der Waals surface area contributed by atoms with E-state index >= 15 is 0 Å². The van der Waals surface area contributed by atoms with Crippen LogP contribution in [0.25, 0.3) is 0 Å². The monoisotopic (exact) mass is 274 g/mol. The Morgan fingerprint density at radius 1 is 1.40 bits per heavy atom. The Balaban J connectivity index is 2.29. The minimum atomic E-state index is -0.844. The van der Waals surface area contributed by atoms with Crippen LogP contribution in [-0.4, -0.2) is 27.7 Å². The number of hydrogen-bond donors (Lipinski definition) is 1. The van der Waals surface area contributed by atoms with Gasteiger partial charge in [0.25, 0.3) is 0 Å². The fourth-order valence-corrected chi connectivity index (χ4v) is 2.30. The second-order valence-electron chi connectivity index (χ2n) is 4.47. The molecule has 0 spiro atoms. The van der Waals surface area contributed by atoms with E-state index in [0.717, 1.165) is 22.8 Å². The molecule has 0 saturated carbocycles. The molecule has 1 heterocycles. The van der Waals surface area contributed by atoms with Crippen LogP contribution in [0.5, 0.6) is 5.75 Å². The Hall–Kier alpha value is -2.30. The van der Waals surface area contributed by atoms with Crippen LogP contribution in [0.4, 0.5) is 0 Å². The molecule has 20 heavy (non-hydrogen) atoms. The molecule has 1 N–H and O–H groups in total. The quantitative estimate of drug-likeness (QED) is 0.876. The van der Waals surface area contributed by atoms with Gasteiger partial charge < -0.3 is 14.4 Å². The second kappa shape index (κ2) is 6.23. The number of carboxylic acids is 1. The predicted molar refractivity (Wildman–Crippen MR) is 75.0 cm³/mol. The lowest BCUT2D eigenvalue weighted by Gasteiger charge is -2.10. The van der Waals surface area contributed by atoms with E-state index < -0.39 is 5.97 Å². The van der Waals surface area contributed by atoms with Crippen molar-refractivity contribution in [3.05, 3.63) is 47.5 Å². The first-order valence-corrected chi connectivity index (χ1v) is 6.52. The van der Waals surface area contributed by atoms with Crippen LogP contribution in [0.2, 0.25) is 0 Å². The molecule has 0 fully saturated rings. The molecule has 0 aliphatic carbocycles.